The van der Waals surface area contributed by atoms with Gasteiger partial charge in [-0.25, -0.2) is 4.39 Å². The molecule has 2 aromatic rings. The van der Waals surface area contributed by atoms with Crippen molar-refractivity contribution in [1.82, 2.24) is 5.32 Å². The summed E-state index contributed by atoms with van der Waals surface area (Å²) in [5.74, 6) is 0.818. The highest BCUT2D eigenvalue weighted by molar-refractivity contribution is 5.23. The summed E-state index contributed by atoms with van der Waals surface area (Å²) >= 11 is 0. The van der Waals surface area contributed by atoms with Crippen molar-refractivity contribution in [2.45, 2.75) is 32.9 Å². The molecule has 0 saturated carbocycles. The van der Waals surface area contributed by atoms with E-state index in [1.54, 1.807) is 19.3 Å². The molecule has 0 bridgehead atoms. The summed E-state index contributed by atoms with van der Waals surface area (Å²) in [6, 6.07) is 9.48. The van der Waals surface area contributed by atoms with Crippen molar-refractivity contribution in [2.75, 3.05) is 0 Å². The van der Waals surface area contributed by atoms with E-state index >= 15 is 0 Å². The molecular formula is C15H18FNO. The van der Waals surface area contributed by atoms with Crippen LogP contribution in [0.25, 0.3) is 0 Å². The van der Waals surface area contributed by atoms with E-state index in [-0.39, 0.29) is 5.82 Å². The Morgan fingerprint density at radius 1 is 1.33 bits per heavy atom. The van der Waals surface area contributed by atoms with Gasteiger partial charge in [0.15, 0.2) is 0 Å². The van der Waals surface area contributed by atoms with Crippen LogP contribution >= 0.6 is 0 Å². The molecule has 1 N–H and O–H groups in total. The Kier molecular flexibility index (Phi) is 4.15. The number of rotatable bonds is 5. The molecule has 0 fully saturated rings. The Labute approximate surface area is 107 Å². The minimum absolute atomic E-state index is 0.145. The van der Waals surface area contributed by atoms with Gasteiger partial charge in [-0.1, -0.05) is 12.1 Å². The maximum Gasteiger partial charge on any atom is 0.126 e. The Balaban J connectivity index is 1.85. The first-order chi connectivity index (χ1) is 8.65. The van der Waals surface area contributed by atoms with E-state index in [1.807, 2.05) is 24.3 Å². The van der Waals surface area contributed by atoms with E-state index in [4.69, 9.17) is 4.42 Å². The van der Waals surface area contributed by atoms with Gasteiger partial charge in [0.05, 0.1) is 6.26 Å². The zero-order valence-electron chi connectivity index (χ0n) is 10.7. The second kappa shape index (κ2) is 5.83. The molecule has 18 heavy (non-hydrogen) atoms. The van der Waals surface area contributed by atoms with Crippen LogP contribution in [0.4, 0.5) is 4.39 Å². The van der Waals surface area contributed by atoms with Crippen LogP contribution in [0.2, 0.25) is 0 Å². The van der Waals surface area contributed by atoms with E-state index in [0.717, 1.165) is 17.7 Å². The van der Waals surface area contributed by atoms with Crippen molar-refractivity contribution in [3.63, 3.8) is 0 Å². The SMILES string of the molecule is Cc1ccc(CNC(C)Cc2ccco2)cc1F. The summed E-state index contributed by atoms with van der Waals surface area (Å²) in [6.45, 7) is 4.53. The lowest BCUT2D eigenvalue weighted by atomic mass is 10.1. The van der Waals surface area contributed by atoms with Gasteiger partial charge in [0.2, 0.25) is 0 Å². The van der Waals surface area contributed by atoms with Crippen LogP contribution in [0.5, 0.6) is 0 Å². The van der Waals surface area contributed by atoms with Crippen LogP contribution in [-0.2, 0) is 13.0 Å². The third-order valence-corrected chi connectivity index (χ3v) is 2.98. The normalized spacial score (nSPS) is 12.6. The lowest BCUT2D eigenvalue weighted by Gasteiger charge is -2.12. The summed E-state index contributed by atoms with van der Waals surface area (Å²) in [6.07, 6.45) is 2.51. The van der Waals surface area contributed by atoms with Crippen molar-refractivity contribution >= 4 is 0 Å². The minimum Gasteiger partial charge on any atom is -0.469 e. The van der Waals surface area contributed by atoms with E-state index in [0.29, 0.717) is 18.2 Å². The van der Waals surface area contributed by atoms with Gasteiger partial charge >= 0.3 is 0 Å². The van der Waals surface area contributed by atoms with Gasteiger partial charge in [-0.3, -0.25) is 0 Å². The fraction of sp³-hybridized carbons (Fsp3) is 0.333. The zero-order valence-corrected chi connectivity index (χ0v) is 10.7. The first-order valence-electron chi connectivity index (χ1n) is 6.16. The lowest BCUT2D eigenvalue weighted by molar-refractivity contribution is 0.456. The molecule has 1 heterocycles. The first-order valence-corrected chi connectivity index (χ1v) is 6.16. The number of aryl methyl sites for hydroxylation is 1. The van der Waals surface area contributed by atoms with Gasteiger partial charge in [-0.05, 0) is 43.2 Å². The fourth-order valence-corrected chi connectivity index (χ4v) is 1.84. The lowest BCUT2D eigenvalue weighted by Crippen LogP contribution is -2.27. The Morgan fingerprint density at radius 2 is 2.17 bits per heavy atom. The van der Waals surface area contributed by atoms with Gasteiger partial charge < -0.3 is 9.73 Å². The van der Waals surface area contributed by atoms with Crippen molar-refractivity contribution in [3.8, 4) is 0 Å². The standard InChI is InChI=1S/C15H18FNO/c1-11-5-6-13(9-15(11)16)10-17-12(2)8-14-4-3-7-18-14/h3-7,9,12,17H,8,10H2,1-2H3. The quantitative estimate of drug-likeness (QED) is 0.875. The molecule has 1 aromatic carbocycles. The Hall–Kier alpha value is -1.61. The highest BCUT2D eigenvalue weighted by Gasteiger charge is 2.06. The number of furan rings is 1. The van der Waals surface area contributed by atoms with Crippen LogP contribution in [0.1, 0.15) is 23.8 Å². The van der Waals surface area contributed by atoms with Gasteiger partial charge in [-0.2, -0.15) is 0 Å². The molecule has 0 radical (unpaired) electrons. The van der Waals surface area contributed by atoms with E-state index in [9.17, 15) is 4.39 Å². The fourth-order valence-electron chi connectivity index (χ4n) is 1.84. The number of halogens is 1. The molecule has 0 aliphatic heterocycles. The molecule has 96 valence electrons. The van der Waals surface area contributed by atoms with Gasteiger partial charge in [0.1, 0.15) is 11.6 Å². The summed E-state index contributed by atoms with van der Waals surface area (Å²) in [4.78, 5) is 0. The zero-order chi connectivity index (χ0) is 13.0. The maximum atomic E-state index is 13.4. The third kappa shape index (κ3) is 3.44. The van der Waals surface area contributed by atoms with E-state index < -0.39 is 0 Å². The second-order valence-corrected chi connectivity index (χ2v) is 4.65. The van der Waals surface area contributed by atoms with Crippen molar-refractivity contribution < 1.29 is 8.81 Å². The van der Waals surface area contributed by atoms with Gasteiger partial charge in [-0.15, -0.1) is 0 Å². The summed E-state index contributed by atoms with van der Waals surface area (Å²) in [5.41, 5.74) is 1.65. The van der Waals surface area contributed by atoms with Gasteiger partial charge in [0, 0.05) is 19.0 Å². The van der Waals surface area contributed by atoms with Crippen LogP contribution < -0.4 is 5.32 Å². The number of nitrogens with one attached hydrogen (secondary N) is 1. The molecule has 0 aliphatic carbocycles. The van der Waals surface area contributed by atoms with Gasteiger partial charge in [0.25, 0.3) is 0 Å². The first kappa shape index (κ1) is 12.8. The molecule has 0 spiro atoms. The molecule has 1 unspecified atom stereocenters. The average Bonchev–Trinajstić information content (AvgIpc) is 2.83. The molecular weight excluding hydrogens is 229 g/mol. The molecule has 2 nitrogen and oxygen atoms in total. The molecule has 1 atom stereocenters. The highest BCUT2D eigenvalue weighted by atomic mass is 19.1. The van der Waals surface area contributed by atoms with Crippen LogP contribution in [0.15, 0.2) is 41.0 Å². The van der Waals surface area contributed by atoms with Crippen LogP contribution in [0.3, 0.4) is 0 Å². The molecule has 2 rings (SSSR count). The van der Waals surface area contributed by atoms with E-state index in [1.165, 1.54) is 0 Å². The molecule has 0 saturated heterocycles. The minimum atomic E-state index is -0.145. The summed E-state index contributed by atoms with van der Waals surface area (Å²) in [7, 11) is 0. The predicted octanol–water partition coefficient (Wildman–Crippen LogP) is 3.45. The van der Waals surface area contributed by atoms with E-state index in [2.05, 4.69) is 12.2 Å². The molecule has 1 aromatic heterocycles. The predicted molar refractivity (Wildman–Crippen MR) is 69.9 cm³/mol. The topological polar surface area (TPSA) is 25.2 Å². The molecule has 0 amide bonds. The van der Waals surface area contributed by atoms with Crippen molar-refractivity contribution in [3.05, 3.63) is 59.3 Å². The number of hydrogen-bond donors (Lipinski definition) is 1. The Morgan fingerprint density at radius 3 is 2.83 bits per heavy atom. The molecule has 3 heteroatoms. The van der Waals surface area contributed by atoms with Crippen LogP contribution in [-0.4, -0.2) is 6.04 Å². The number of benzene rings is 1. The summed E-state index contributed by atoms with van der Waals surface area (Å²) in [5, 5.41) is 3.36. The Bertz CT molecular complexity index is 493. The average molecular weight is 247 g/mol. The third-order valence-electron chi connectivity index (χ3n) is 2.98. The smallest absolute Gasteiger partial charge is 0.126 e. The maximum absolute atomic E-state index is 13.4. The monoisotopic (exact) mass is 247 g/mol. The second-order valence-electron chi connectivity index (χ2n) is 4.65. The van der Waals surface area contributed by atoms with Crippen molar-refractivity contribution in [2.24, 2.45) is 0 Å². The number of hydrogen-bond acceptors (Lipinski definition) is 2. The largest absolute Gasteiger partial charge is 0.469 e. The van der Waals surface area contributed by atoms with Crippen molar-refractivity contribution in [1.29, 1.82) is 0 Å². The summed E-state index contributed by atoms with van der Waals surface area (Å²) < 4.78 is 18.7. The highest BCUT2D eigenvalue weighted by Crippen LogP contribution is 2.10. The molecule has 0 aliphatic rings. The van der Waals surface area contributed by atoms with Crippen LogP contribution in [0, 0.1) is 12.7 Å².